The van der Waals surface area contributed by atoms with E-state index in [9.17, 15) is 4.79 Å². The summed E-state index contributed by atoms with van der Waals surface area (Å²) < 4.78 is 4.78. The first-order valence-electron chi connectivity index (χ1n) is 2.97. The van der Waals surface area contributed by atoms with Gasteiger partial charge < -0.3 is 9.84 Å². The van der Waals surface area contributed by atoms with Crippen molar-refractivity contribution in [3.8, 4) is 0 Å². The first-order valence-corrected chi connectivity index (χ1v) is 2.97. The van der Waals surface area contributed by atoms with Crippen molar-refractivity contribution in [1.82, 2.24) is 0 Å². The van der Waals surface area contributed by atoms with E-state index in [0.29, 0.717) is 6.61 Å². The van der Waals surface area contributed by atoms with Crippen LogP contribution in [0.4, 0.5) is 0 Å². The van der Waals surface area contributed by atoms with Crippen molar-refractivity contribution in [3.63, 3.8) is 0 Å². The fourth-order valence-electron chi connectivity index (χ4n) is 0.948. The molecule has 0 aliphatic heterocycles. The number of carboxylic acid groups (broad SMARTS) is 1. The number of ether oxygens (including phenoxy) is 1. The van der Waals surface area contributed by atoms with Gasteiger partial charge in [0.05, 0.1) is 5.92 Å². The topological polar surface area (TPSA) is 46.5 Å². The largest absolute Gasteiger partial charge is 0.481 e. The van der Waals surface area contributed by atoms with Gasteiger partial charge in [0, 0.05) is 13.7 Å². The summed E-state index contributed by atoms with van der Waals surface area (Å²) in [6.07, 6.45) is 0.795. The SMILES string of the molecule is COC[C@@H]1C[C@H]1C(=O)O. The summed E-state index contributed by atoms with van der Waals surface area (Å²) >= 11 is 0. The highest BCUT2D eigenvalue weighted by molar-refractivity contribution is 5.73. The molecule has 0 heterocycles. The van der Waals surface area contributed by atoms with E-state index in [1.165, 1.54) is 0 Å². The summed E-state index contributed by atoms with van der Waals surface area (Å²) in [5.74, 6) is -0.519. The van der Waals surface area contributed by atoms with Crippen molar-refractivity contribution < 1.29 is 14.6 Å². The van der Waals surface area contributed by atoms with E-state index in [-0.39, 0.29) is 11.8 Å². The van der Waals surface area contributed by atoms with Crippen LogP contribution in [0.3, 0.4) is 0 Å². The van der Waals surface area contributed by atoms with Crippen LogP contribution in [0.5, 0.6) is 0 Å². The Labute approximate surface area is 53.6 Å². The fourth-order valence-corrected chi connectivity index (χ4v) is 0.948. The lowest BCUT2D eigenvalue weighted by molar-refractivity contribution is -0.139. The van der Waals surface area contributed by atoms with Crippen molar-refractivity contribution >= 4 is 5.97 Å². The zero-order valence-corrected chi connectivity index (χ0v) is 5.33. The second kappa shape index (κ2) is 2.35. The minimum atomic E-state index is -0.683. The number of aliphatic carboxylic acids is 1. The standard InChI is InChI=1S/C6H10O3/c1-9-3-4-2-5(4)6(7)8/h4-5H,2-3H2,1H3,(H,7,8)/t4-,5+/m0/s1. The normalized spacial score (nSPS) is 32.1. The molecule has 0 saturated heterocycles. The predicted octanol–water partition coefficient (Wildman–Crippen LogP) is 0.354. The molecule has 0 aromatic carbocycles. The highest BCUT2D eigenvalue weighted by Crippen LogP contribution is 2.38. The quantitative estimate of drug-likeness (QED) is 0.599. The molecule has 3 nitrogen and oxygen atoms in total. The highest BCUT2D eigenvalue weighted by Gasteiger charge is 2.42. The minimum Gasteiger partial charge on any atom is -0.481 e. The third-order valence-electron chi connectivity index (χ3n) is 1.62. The van der Waals surface area contributed by atoms with E-state index >= 15 is 0 Å². The summed E-state index contributed by atoms with van der Waals surface area (Å²) in [4.78, 5) is 10.2. The van der Waals surface area contributed by atoms with Crippen LogP contribution >= 0.6 is 0 Å². The van der Waals surface area contributed by atoms with E-state index in [1.54, 1.807) is 7.11 Å². The molecule has 0 unspecified atom stereocenters. The number of carboxylic acids is 1. The van der Waals surface area contributed by atoms with Crippen molar-refractivity contribution in [1.29, 1.82) is 0 Å². The number of rotatable bonds is 3. The molecule has 1 aliphatic rings. The van der Waals surface area contributed by atoms with E-state index < -0.39 is 5.97 Å². The lowest BCUT2D eigenvalue weighted by atomic mass is 10.3. The molecule has 1 rings (SSSR count). The molecule has 0 spiro atoms. The maximum absolute atomic E-state index is 10.2. The van der Waals surface area contributed by atoms with Gasteiger partial charge >= 0.3 is 5.97 Å². The molecule has 52 valence electrons. The maximum atomic E-state index is 10.2. The molecule has 1 saturated carbocycles. The third kappa shape index (κ3) is 1.42. The maximum Gasteiger partial charge on any atom is 0.306 e. The predicted molar refractivity (Wildman–Crippen MR) is 31.1 cm³/mol. The molecule has 1 fully saturated rings. The van der Waals surface area contributed by atoms with Gasteiger partial charge in [0.2, 0.25) is 0 Å². The second-order valence-electron chi connectivity index (χ2n) is 2.40. The van der Waals surface area contributed by atoms with Crippen LogP contribution in [0.1, 0.15) is 6.42 Å². The Kier molecular flexibility index (Phi) is 1.71. The lowest BCUT2D eigenvalue weighted by Gasteiger charge is -1.91. The van der Waals surface area contributed by atoms with Crippen molar-refractivity contribution in [2.45, 2.75) is 6.42 Å². The van der Waals surface area contributed by atoms with Crippen LogP contribution in [-0.2, 0) is 9.53 Å². The van der Waals surface area contributed by atoms with Crippen molar-refractivity contribution in [3.05, 3.63) is 0 Å². The third-order valence-corrected chi connectivity index (χ3v) is 1.62. The summed E-state index contributed by atoms with van der Waals surface area (Å²) in [7, 11) is 1.59. The van der Waals surface area contributed by atoms with Crippen LogP contribution < -0.4 is 0 Å². The van der Waals surface area contributed by atoms with Crippen LogP contribution in [-0.4, -0.2) is 24.8 Å². The monoisotopic (exact) mass is 130 g/mol. The van der Waals surface area contributed by atoms with Gasteiger partial charge in [0.1, 0.15) is 0 Å². The Balaban J connectivity index is 2.17. The summed E-state index contributed by atoms with van der Waals surface area (Å²) in [5, 5.41) is 8.39. The Morgan fingerprint density at radius 2 is 2.56 bits per heavy atom. The summed E-state index contributed by atoms with van der Waals surface area (Å²) in [6.45, 7) is 0.594. The molecule has 0 aromatic heterocycles. The van der Waals surface area contributed by atoms with E-state index in [4.69, 9.17) is 9.84 Å². The van der Waals surface area contributed by atoms with Crippen LogP contribution in [0.15, 0.2) is 0 Å². The Bertz CT molecular complexity index is 121. The zero-order chi connectivity index (χ0) is 6.85. The smallest absolute Gasteiger partial charge is 0.306 e. The molecule has 0 radical (unpaired) electrons. The molecule has 1 N–H and O–H groups in total. The molecule has 2 atom stereocenters. The van der Waals surface area contributed by atoms with Gasteiger partial charge in [-0.1, -0.05) is 0 Å². The van der Waals surface area contributed by atoms with E-state index in [1.807, 2.05) is 0 Å². The van der Waals surface area contributed by atoms with Gasteiger partial charge in [-0.2, -0.15) is 0 Å². The van der Waals surface area contributed by atoms with Crippen LogP contribution in [0.2, 0.25) is 0 Å². The number of hydrogen-bond donors (Lipinski definition) is 1. The molecule has 9 heavy (non-hydrogen) atoms. The Hall–Kier alpha value is -0.570. The van der Waals surface area contributed by atoms with Gasteiger partial charge in [0.15, 0.2) is 0 Å². The van der Waals surface area contributed by atoms with E-state index in [0.717, 1.165) is 6.42 Å². The number of hydrogen-bond acceptors (Lipinski definition) is 2. The second-order valence-corrected chi connectivity index (χ2v) is 2.40. The molecule has 0 amide bonds. The molecule has 0 bridgehead atoms. The number of methoxy groups -OCH3 is 1. The summed E-state index contributed by atoms with van der Waals surface area (Å²) in [6, 6.07) is 0. The zero-order valence-electron chi connectivity index (χ0n) is 5.33. The fraction of sp³-hybridized carbons (Fsp3) is 0.833. The minimum absolute atomic E-state index is 0.120. The van der Waals surface area contributed by atoms with Crippen molar-refractivity contribution in [2.75, 3.05) is 13.7 Å². The molecule has 0 aromatic rings. The molecular formula is C6H10O3. The number of carbonyl (C=O) groups is 1. The first kappa shape index (κ1) is 6.55. The van der Waals surface area contributed by atoms with Gasteiger partial charge in [-0.05, 0) is 12.3 Å². The van der Waals surface area contributed by atoms with Gasteiger partial charge in [-0.25, -0.2) is 0 Å². The van der Waals surface area contributed by atoms with E-state index in [2.05, 4.69) is 0 Å². The van der Waals surface area contributed by atoms with Crippen LogP contribution in [0, 0.1) is 11.8 Å². The van der Waals surface area contributed by atoms with Crippen LogP contribution in [0.25, 0.3) is 0 Å². The van der Waals surface area contributed by atoms with Gasteiger partial charge in [-0.3, -0.25) is 4.79 Å². The molecular weight excluding hydrogens is 120 g/mol. The average Bonchev–Trinajstić information content (AvgIpc) is 2.47. The Morgan fingerprint density at radius 1 is 1.89 bits per heavy atom. The lowest BCUT2D eigenvalue weighted by Crippen LogP contribution is -2.02. The molecule has 3 heteroatoms. The molecule has 1 aliphatic carbocycles. The average molecular weight is 130 g/mol. The first-order chi connectivity index (χ1) is 4.25. The highest BCUT2D eigenvalue weighted by atomic mass is 16.5. The van der Waals surface area contributed by atoms with Crippen molar-refractivity contribution in [2.24, 2.45) is 11.8 Å². The van der Waals surface area contributed by atoms with Gasteiger partial charge in [0.25, 0.3) is 0 Å². The summed E-state index contributed by atoms with van der Waals surface area (Å²) in [5.41, 5.74) is 0. The van der Waals surface area contributed by atoms with Gasteiger partial charge in [-0.15, -0.1) is 0 Å². The Morgan fingerprint density at radius 3 is 2.89 bits per heavy atom.